The first kappa shape index (κ1) is 24.7. The predicted molar refractivity (Wildman–Crippen MR) is 132 cm³/mol. The number of halogens is 1. The minimum absolute atomic E-state index is 0.357. The summed E-state index contributed by atoms with van der Waals surface area (Å²) in [5, 5.41) is 4.02. The molecule has 1 aromatic heterocycles. The predicted octanol–water partition coefficient (Wildman–Crippen LogP) is 8.61. The van der Waals surface area contributed by atoms with Gasteiger partial charge in [0.05, 0.1) is 0 Å². The Balaban J connectivity index is 1.63. The van der Waals surface area contributed by atoms with Crippen LogP contribution in [0, 0.1) is 0 Å². The molecule has 3 rings (SSSR count). The van der Waals surface area contributed by atoms with Gasteiger partial charge in [-0.05, 0) is 37.3 Å². The van der Waals surface area contributed by atoms with E-state index in [4.69, 9.17) is 16.6 Å². The second-order valence-corrected chi connectivity index (χ2v) is 10.3. The molecule has 5 heteroatoms. The fraction of sp³-hybridized carbons (Fsp3) is 0.885. The maximum Gasteiger partial charge on any atom is 0.227 e. The van der Waals surface area contributed by atoms with Crippen molar-refractivity contribution in [3.8, 4) is 0 Å². The van der Waals surface area contributed by atoms with Crippen molar-refractivity contribution >= 4 is 17.5 Å². The molecule has 1 aromatic rings. The summed E-state index contributed by atoms with van der Waals surface area (Å²) in [6.07, 6.45) is 27.9. The van der Waals surface area contributed by atoms with Gasteiger partial charge in [0.1, 0.15) is 5.82 Å². The summed E-state index contributed by atoms with van der Waals surface area (Å²) >= 11 is 6.39. The van der Waals surface area contributed by atoms with Crippen molar-refractivity contribution < 1.29 is 0 Å². The second kappa shape index (κ2) is 15.0. The van der Waals surface area contributed by atoms with Crippen molar-refractivity contribution in [1.82, 2.24) is 15.0 Å². The third-order valence-corrected chi connectivity index (χ3v) is 7.45. The van der Waals surface area contributed by atoms with Crippen LogP contribution in [0.4, 0.5) is 5.95 Å². The van der Waals surface area contributed by atoms with E-state index >= 15 is 0 Å². The van der Waals surface area contributed by atoms with Crippen molar-refractivity contribution in [3.63, 3.8) is 0 Å². The van der Waals surface area contributed by atoms with Gasteiger partial charge in [-0.2, -0.15) is 9.97 Å². The highest BCUT2D eigenvalue weighted by Gasteiger charge is 2.19. The van der Waals surface area contributed by atoms with E-state index in [9.17, 15) is 0 Å². The number of hydrogen-bond donors (Lipinski definition) is 1. The first-order chi connectivity index (χ1) is 15.3. The topological polar surface area (TPSA) is 50.7 Å². The molecule has 31 heavy (non-hydrogen) atoms. The highest BCUT2D eigenvalue weighted by molar-refractivity contribution is 6.28. The lowest BCUT2D eigenvalue weighted by atomic mass is 9.92. The number of rotatable bonds is 3. The lowest BCUT2D eigenvalue weighted by Crippen LogP contribution is -2.22. The molecule has 2 fully saturated rings. The summed E-state index contributed by atoms with van der Waals surface area (Å²) in [5.41, 5.74) is 0. The number of aromatic nitrogens is 3. The lowest BCUT2D eigenvalue weighted by Gasteiger charge is -2.21. The van der Waals surface area contributed by atoms with Crippen molar-refractivity contribution in [2.45, 2.75) is 147 Å². The molecular formula is C26H45ClN4. The molecule has 2 saturated carbocycles. The van der Waals surface area contributed by atoms with E-state index in [0.29, 0.717) is 23.2 Å². The average molecular weight is 449 g/mol. The summed E-state index contributed by atoms with van der Waals surface area (Å²) in [6, 6.07) is 0.459. The van der Waals surface area contributed by atoms with Crippen molar-refractivity contribution in [2.75, 3.05) is 5.32 Å². The van der Waals surface area contributed by atoms with Crippen LogP contribution in [0.3, 0.4) is 0 Å². The Kier molecular flexibility index (Phi) is 12.0. The number of hydrogen-bond acceptors (Lipinski definition) is 4. The summed E-state index contributed by atoms with van der Waals surface area (Å²) in [6.45, 7) is 0. The minimum Gasteiger partial charge on any atom is -0.351 e. The van der Waals surface area contributed by atoms with Crippen LogP contribution in [0.2, 0.25) is 5.28 Å². The van der Waals surface area contributed by atoms with Gasteiger partial charge < -0.3 is 5.32 Å². The molecular weight excluding hydrogens is 404 g/mol. The molecule has 4 nitrogen and oxygen atoms in total. The second-order valence-electron chi connectivity index (χ2n) is 9.99. The van der Waals surface area contributed by atoms with Crippen LogP contribution < -0.4 is 5.32 Å². The largest absolute Gasteiger partial charge is 0.351 e. The Bertz CT molecular complexity index is 585. The van der Waals surface area contributed by atoms with Gasteiger partial charge in [-0.15, -0.1) is 0 Å². The standard InChI is InChI=1S/C26H45ClN4/c27-25-29-24(22-18-14-10-6-2-1-3-7-11-15-19-22)30-26(31-25)28-23-20-16-12-8-4-5-9-13-17-21-23/h22-23H,1-21H2,(H,28,29,30,31). The van der Waals surface area contributed by atoms with Gasteiger partial charge >= 0.3 is 0 Å². The molecule has 2 aliphatic rings. The molecule has 0 aromatic carbocycles. The minimum atomic E-state index is 0.357. The zero-order chi connectivity index (χ0) is 21.6. The monoisotopic (exact) mass is 448 g/mol. The zero-order valence-corrected chi connectivity index (χ0v) is 20.5. The van der Waals surface area contributed by atoms with E-state index in [1.165, 1.54) is 135 Å². The van der Waals surface area contributed by atoms with Gasteiger partial charge in [-0.25, -0.2) is 4.98 Å². The van der Waals surface area contributed by atoms with Crippen molar-refractivity contribution in [3.05, 3.63) is 11.1 Å². The molecule has 0 spiro atoms. The fourth-order valence-electron chi connectivity index (χ4n) is 5.35. The Morgan fingerprint density at radius 3 is 1.42 bits per heavy atom. The highest BCUT2D eigenvalue weighted by atomic mass is 35.5. The van der Waals surface area contributed by atoms with Gasteiger partial charge in [-0.3, -0.25) is 0 Å². The van der Waals surface area contributed by atoms with E-state index in [2.05, 4.69) is 15.3 Å². The highest BCUT2D eigenvalue weighted by Crippen LogP contribution is 2.29. The Morgan fingerprint density at radius 1 is 0.516 bits per heavy atom. The van der Waals surface area contributed by atoms with Crippen LogP contribution in [-0.2, 0) is 0 Å². The molecule has 0 unspecified atom stereocenters. The quantitative estimate of drug-likeness (QED) is 0.502. The van der Waals surface area contributed by atoms with Crippen LogP contribution in [0.25, 0.3) is 0 Å². The van der Waals surface area contributed by atoms with Gasteiger partial charge in [0.2, 0.25) is 11.2 Å². The Hall–Kier alpha value is -0.900. The zero-order valence-electron chi connectivity index (χ0n) is 19.7. The summed E-state index contributed by atoms with van der Waals surface area (Å²) in [5.74, 6) is 2.06. The number of anilines is 1. The maximum absolute atomic E-state index is 6.39. The fourth-order valence-corrected chi connectivity index (χ4v) is 5.51. The molecule has 0 amide bonds. The first-order valence-electron chi connectivity index (χ1n) is 13.5. The number of nitrogens with one attached hydrogen (secondary N) is 1. The third kappa shape index (κ3) is 10.1. The van der Waals surface area contributed by atoms with Crippen LogP contribution in [0.5, 0.6) is 0 Å². The molecule has 1 heterocycles. The molecule has 0 saturated heterocycles. The van der Waals surface area contributed by atoms with Crippen molar-refractivity contribution in [1.29, 1.82) is 0 Å². The molecule has 1 N–H and O–H groups in total. The molecule has 0 aliphatic heterocycles. The van der Waals surface area contributed by atoms with Gasteiger partial charge in [0, 0.05) is 12.0 Å². The van der Waals surface area contributed by atoms with E-state index in [0.717, 1.165) is 5.82 Å². The lowest BCUT2D eigenvalue weighted by molar-refractivity contribution is 0.454. The summed E-state index contributed by atoms with van der Waals surface area (Å²) in [7, 11) is 0. The van der Waals surface area contributed by atoms with E-state index < -0.39 is 0 Å². The van der Waals surface area contributed by atoms with Gasteiger partial charge in [-0.1, -0.05) is 109 Å². The van der Waals surface area contributed by atoms with Crippen LogP contribution in [0.1, 0.15) is 147 Å². The third-order valence-electron chi connectivity index (χ3n) is 7.28. The smallest absolute Gasteiger partial charge is 0.227 e. The Labute approximate surface area is 195 Å². The van der Waals surface area contributed by atoms with Crippen LogP contribution in [0.15, 0.2) is 0 Å². The Morgan fingerprint density at radius 2 is 0.935 bits per heavy atom. The molecule has 176 valence electrons. The summed E-state index contributed by atoms with van der Waals surface area (Å²) < 4.78 is 0. The maximum atomic E-state index is 6.39. The van der Waals surface area contributed by atoms with E-state index in [1.54, 1.807) is 0 Å². The normalized spacial score (nSPS) is 22.6. The van der Waals surface area contributed by atoms with Crippen LogP contribution >= 0.6 is 11.6 Å². The average Bonchev–Trinajstić information content (AvgIpc) is 2.80. The van der Waals surface area contributed by atoms with Gasteiger partial charge in [0.15, 0.2) is 0 Å². The van der Waals surface area contributed by atoms with Gasteiger partial charge in [0.25, 0.3) is 0 Å². The molecule has 0 atom stereocenters. The van der Waals surface area contributed by atoms with E-state index in [1.807, 2.05) is 0 Å². The molecule has 0 bridgehead atoms. The SMILES string of the molecule is Clc1nc(NC2CCCCCCCCCC2)nc(C2CCCCCCCCCCC2)n1. The molecule has 2 aliphatic carbocycles. The van der Waals surface area contributed by atoms with E-state index in [-0.39, 0.29) is 0 Å². The number of nitrogens with zero attached hydrogens (tertiary/aromatic N) is 3. The van der Waals surface area contributed by atoms with Crippen LogP contribution in [-0.4, -0.2) is 21.0 Å². The first-order valence-corrected chi connectivity index (χ1v) is 13.9. The molecule has 0 radical (unpaired) electrons. The summed E-state index contributed by atoms with van der Waals surface area (Å²) in [4.78, 5) is 14.0. The van der Waals surface area contributed by atoms with Crippen molar-refractivity contribution in [2.24, 2.45) is 0 Å².